The van der Waals surface area contributed by atoms with Gasteiger partial charge in [-0.25, -0.2) is 0 Å². The second kappa shape index (κ2) is 4.69. The van der Waals surface area contributed by atoms with Gasteiger partial charge in [-0.3, -0.25) is 0 Å². The Hall–Kier alpha value is -0.980. The van der Waals surface area contributed by atoms with Crippen LogP contribution in [0.1, 0.15) is 43.7 Å². The van der Waals surface area contributed by atoms with E-state index in [4.69, 9.17) is 0 Å². The Morgan fingerprint density at radius 1 is 1.27 bits per heavy atom. The highest BCUT2D eigenvalue weighted by Crippen LogP contribution is 2.31. The molecule has 1 fully saturated rings. The predicted octanol–water partition coefficient (Wildman–Crippen LogP) is 3.69. The van der Waals surface area contributed by atoms with E-state index in [1.54, 1.807) is 6.07 Å². The summed E-state index contributed by atoms with van der Waals surface area (Å²) in [6.07, 6.45) is 7.64. The van der Waals surface area contributed by atoms with Crippen molar-refractivity contribution in [2.45, 2.75) is 45.4 Å². The van der Waals surface area contributed by atoms with Crippen molar-refractivity contribution in [2.24, 2.45) is 5.92 Å². The monoisotopic (exact) mass is 204 g/mol. The molecule has 2 rings (SSSR count). The van der Waals surface area contributed by atoms with Crippen molar-refractivity contribution in [3.63, 3.8) is 0 Å². The Morgan fingerprint density at radius 2 is 2.00 bits per heavy atom. The summed E-state index contributed by atoms with van der Waals surface area (Å²) >= 11 is 0. The fraction of sp³-hybridized carbons (Fsp3) is 0.571. The normalized spacial score (nSPS) is 17.1. The SMILES string of the molecule is CCc1c(O)cccc1CC1CCCC1. The van der Waals surface area contributed by atoms with Crippen LogP contribution in [0, 0.1) is 5.92 Å². The lowest BCUT2D eigenvalue weighted by atomic mass is 9.93. The highest BCUT2D eigenvalue weighted by atomic mass is 16.3. The van der Waals surface area contributed by atoms with E-state index < -0.39 is 0 Å². The van der Waals surface area contributed by atoms with Crippen LogP contribution in [0.4, 0.5) is 0 Å². The summed E-state index contributed by atoms with van der Waals surface area (Å²) < 4.78 is 0. The van der Waals surface area contributed by atoms with Crippen LogP contribution in [0.25, 0.3) is 0 Å². The van der Waals surface area contributed by atoms with Gasteiger partial charge in [-0.05, 0) is 36.0 Å². The van der Waals surface area contributed by atoms with Crippen molar-refractivity contribution < 1.29 is 5.11 Å². The molecule has 0 heterocycles. The number of phenolic OH excluding ortho intramolecular Hbond substituents is 1. The van der Waals surface area contributed by atoms with Crippen LogP contribution in [0.3, 0.4) is 0 Å². The van der Waals surface area contributed by atoms with Crippen molar-refractivity contribution in [3.8, 4) is 5.75 Å². The third kappa shape index (κ3) is 2.34. The summed E-state index contributed by atoms with van der Waals surface area (Å²) in [7, 11) is 0. The van der Waals surface area contributed by atoms with E-state index >= 15 is 0 Å². The molecule has 0 saturated heterocycles. The van der Waals surface area contributed by atoms with E-state index in [0.717, 1.165) is 24.3 Å². The molecule has 1 aliphatic rings. The first kappa shape index (κ1) is 10.5. The van der Waals surface area contributed by atoms with Crippen molar-refractivity contribution in [1.29, 1.82) is 0 Å². The highest BCUT2D eigenvalue weighted by Gasteiger charge is 2.17. The minimum absolute atomic E-state index is 0.480. The van der Waals surface area contributed by atoms with Gasteiger partial charge < -0.3 is 5.11 Å². The van der Waals surface area contributed by atoms with Crippen LogP contribution in [-0.2, 0) is 12.8 Å². The maximum absolute atomic E-state index is 9.77. The molecule has 1 aromatic rings. The standard InChI is InChI=1S/C14H20O/c1-2-13-12(8-5-9-14(13)15)10-11-6-3-4-7-11/h5,8-9,11,15H,2-4,6-7,10H2,1H3. The Kier molecular flexibility index (Phi) is 3.30. The lowest BCUT2D eigenvalue weighted by Crippen LogP contribution is -2.02. The zero-order chi connectivity index (χ0) is 10.7. The second-order valence-corrected chi connectivity index (χ2v) is 4.62. The fourth-order valence-electron chi connectivity index (χ4n) is 2.75. The number of hydrogen-bond donors (Lipinski definition) is 1. The molecule has 0 atom stereocenters. The first-order valence-electron chi connectivity index (χ1n) is 6.11. The van der Waals surface area contributed by atoms with Crippen LogP contribution in [0.2, 0.25) is 0 Å². The molecule has 1 aliphatic carbocycles. The van der Waals surface area contributed by atoms with Gasteiger partial charge in [0, 0.05) is 0 Å². The molecule has 0 unspecified atom stereocenters. The van der Waals surface area contributed by atoms with Gasteiger partial charge in [0.15, 0.2) is 0 Å². The van der Waals surface area contributed by atoms with E-state index in [9.17, 15) is 5.11 Å². The molecule has 1 aromatic carbocycles. The number of aromatic hydroxyl groups is 1. The zero-order valence-electron chi connectivity index (χ0n) is 9.50. The summed E-state index contributed by atoms with van der Waals surface area (Å²) in [5.74, 6) is 1.34. The topological polar surface area (TPSA) is 20.2 Å². The van der Waals surface area contributed by atoms with Crippen molar-refractivity contribution in [2.75, 3.05) is 0 Å². The first-order valence-corrected chi connectivity index (χ1v) is 6.11. The second-order valence-electron chi connectivity index (χ2n) is 4.62. The summed E-state index contributed by atoms with van der Waals surface area (Å²) in [5.41, 5.74) is 2.52. The van der Waals surface area contributed by atoms with Gasteiger partial charge in [0.2, 0.25) is 0 Å². The van der Waals surface area contributed by atoms with Gasteiger partial charge in [-0.2, -0.15) is 0 Å². The van der Waals surface area contributed by atoms with Gasteiger partial charge in [0.05, 0.1) is 0 Å². The Morgan fingerprint density at radius 3 is 2.67 bits per heavy atom. The van der Waals surface area contributed by atoms with E-state index in [-0.39, 0.29) is 0 Å². The molecule has 0 aliphatic heterocycles. The van der Waals surface area contributed by atoms with E-state index in [2.05, 4.69) is 13.0 Å². The maximum Gasteiger partial charge on any atom is 0.119 e. The average molecular weight is 204 g/mol. The molecule has 15 heavy (non-hydrogen) atoms. The minimum Gasteiger partial charge on any atom is -0.508 e. The predicted molar refractivity (Wildman–Crippen MR) is 63.1 cm³/mol. The first-order chi connectivity index (χ1) is 7.31. The lowest BCUT2D eigenvalue weighted by molar-refractivity contribution is 0.465. The molecule has 1 nitrogen and oxygen atoms in total. The molecule has 1 heteroatoms. The van der Waals surface area contributed by atoms with E-state index in [1.807, 2.05) is 6.07 Å². The van der Waals surface area contributed by atoms with E-state index in [0.29, 0.717) is 5.75 Å². The molecule has 0 amide bonds. The number of benzene rings is 1. The third-order valence-corrected chi connectivity index (χ3v) is 3.59. The Labute approximate surface area is 92.1 Å². The van der Waals surface area contributed by atoms with Gasteiger partial charge >= 0.3 is 0 Å². The van der Waals surface area contributed by atoms with Gasteiger partial charge in [0.1, 0.15) is 5.75 Å². The number of hydrogen-bond acceptors (Lipinski definition) is 1. The Bertz CT molecular complexity index is 324. The van der Waals surface area contributed by atoms with Crippen LogP contribution < -0.4 is 0 Å². The summed E-state index contributed by atoms with van der Waals surface area (Å²) in [6, 6.07) is 5.95. The zero-order valence-corrected chi connectivity index (χ0v) is 9.50. The molecule has 0 bridgehead atoms. The largest absolute Gasteiger partial charge is 0.508 e. The van der Waals surface area contributed by atoms with E-state index in [1.165, 1.54) is 31.2 Å². The fourth-order valence-corrected chi connectivity index (χ4v) is 2.75. The molecule has 82 valence electrons. The smallest absolute Gasteiger partial charge is 0.119 e. The quantitative estimate of drug-likeness (QED) is 0.796. The average Bonchev–Trinajstić information content (AvgIpc) is 2.71. The van der Waals surface area contributed by atoms with Crippen LogP contribution >= 0.6 is 0 Å². The van der Waals surface area contributed by atoms with Crippen LogP contribution in [0.5, 0.6) is 5.75 Å². The summed E-state index contributed by atoms with van der Waals surface area (Å²) in [6.45, 7) is 2.12. The van der Waals surface area contributed by atoms with Crippen LogP contribution in [-0.4, -0.2) is 5.11 Å². The maximum atomic E-state index is 9.77. The molecule has 0 spiro atoms. The van der Waals surface area contributed by atoms with Gasteiger partial charge in [-0.1, -0.05) is 44.7 Å². The van der Waals surface area contributed by atoms with Crippen molar-refractivity contribution in [3.05, 3.63) is 29.3 Å². The summed E-state index contributed by atoms with van der Waals surface area (Å²) in [5, 5.41) is 9.77. The van der Waals surface area contributed by atoms with Crippen molar-refractivity contribution in [1.82, 2.24) is 0 Å². The molecule has 1 saturated carbocycles. The molecule has 0 radical (unpaired) electrons. The minimum atomic E-state index is 0.480. The van der Waals surface area contributed by atoms with Gasteiger partial charge in [-0.15, -0.1) is 0 Å². The lowest BCUT2D eigenvalue weighted by Gasteiger charge is -2.13. The van der Waals surface area contributed by atoms with Crippen molar-refractivity contribution >= 4 is 0 Å². The van der Waals surface area contributed by atoms with Crippen LogP contribution in [0.15, 0.2) is 18.2 Å². The molecular formula is C14H20O. The summed E-state index contributed by atoms with van der Waals surface area (Å²) in [4.78, 5) is 0. The molecular weight excluding hydrogens is 184 g/mol. The Balaban J connectivity index is 2.15. The highest BCUT2D eigenvalue weighted by molar-refractivity contribution is 5.39. The molecule has 0 aromatic heterocycles. The molecule has 1 N–H and O–H groups in total. The number of rotatable bonds is 3. The number of phenols is 1. The van der Waals surface area contributed by atoms with Gasteiger partial charge in [0.25, 0.3) is 0 Å². The third-order valence-electron chi connectivity index (χ3n) is 3.59.